The third kappa shape index (κ3) is 3.20. The van der Waals surface area contributed by atoms with Crippen molar-refractivity contribution in [2.24, 2.45) is 5.16 Å². The van der Waals surface area contributed by atoms with Crippen LogP contribution < -0.4 is 4.74 Å². The molecule has 33 heavy (non-hydrogen) atoms. The molecule has 3 aromatic carbocycles. The van der Waals surface area contributed by atoms with Crippen LogP contribution in [0, 0.1) is 6.92 Å². The van der Waals surface area contributed by atoms with Gasteiger partial charge in [-0.1, -0.05) is 24.3 Å². The van der Waals surface area contributed by atoms with Crippen LogP contribution >= 0.6 is 0 Å². The summed E-state index contributed by atoms with van der Waals surface area (Å²) < 4.78 is 7.88. The van der Waals surface area contributed by atoms with Gasteiger partial charge in [-0.05, 0) is 54.9 Å². The van der Waals surface area contributed by atoms with Crippen molar-refractivity contribution in [2.45, 2.75) is 27.3 Å². The Morgan fingerprint density at radius 2 is 1.82 bits per heavy atom. The molecule has 0 fully saturated rings. The number of nitrogens with zero attached hydrogens (tertiary/aromatic N) is 2. The molecule has 0 aliphatic carbocycles. The number of ketones is 2. The average molecular weight is 440 g/mol. The molecule has 1 aromatic heterocycles. The van der Waals surface area contributed by atoms with Gasteiger partial charge in [0.25, 0.3) is 5.78 Å². The van der Waals surface area contributed by atoms with Gasteiger partial charge in [-0.3, -0.25) is 9.59 Å². The third-order valence-electron chi connectivity index (χ3n) is 5.85. The summed E-state index contributed by atoms with van der Waals surface area (Å²) in [4.78, 5) is 41.7. The second kappa shape index (κ2) is 7.70. The highest BCUT2D eigenvalue weighted by Gasteiger charge is 2.33. The van der Waals surface area contributed by atoms with E-state index in [-0.39, 0.29) is 11.7 Å². The standard InChI is InChI=1S/C26H20N2O5/c1-4-28-20-11-9-16(23(30)17-8-6-5-7-14(17)2)13-19(20)22-21(28)12-10-18-24(31)26(32-25(18)22)27-33-15(3)29/h5-13H,4H2,1-3H3/b27-26-. The third-order valence-corrected chi connectivity index (χ3v) is 5.85. The smallest absolute Gasteiger partial charge is 0.332 e. The lowest BCUT2D eigenvalue weighted by Crippen LogP contribution is -2.13. The summed E-state index contributed by atoms with van der Waals surface area (Å²) in [5.41, 5.74) is 4.21. The Hall–Kier alpha value is -4.26. The second-order valence-electron chi connectivity index (χ2n) is 7.87. The van der Waals surface area contributed by atoms with E-state index >= 15 is 0 Å². The minimum absolute atomic E-state index is 0.0749. The van der Waals surface area contributed by atoms with Crippen LogP contribution in [0.3, 0.4) is 0 Å². The molecule has 0 unspecified atom stereocenters. The van der Waals surface area contributed by atoms with Crippen molar-refractivity contribution < 1.29 is 24.0 Å². The van der Waals surface area contributed by atoms with Gasteiger partial charge in [0.2, 0.25) is 0 Å². The molecule has 0 bridgehead atoms. The lowest BCUT2D eigenvalue weighted by atomic mass is 9.97. The molecule has 2 heterocycles. The van der Waals surface area contributed by atoms with Crippen molar-refractivity contribution in [2.75, 3.05) is 0 Å². The van der Waals surface area contributed by atoms with Crippen LogP contribution in [0.25, 0.3) is 21.8 Å². The van der Waals surface area contributed by atoms with E-state index in [4.69, 9.17) is 4.74 Å². The molecular formula is C26H20N2O5. The molecule has 5 rings (SSSR count). The molecule has 0 atom stereocenters. The predicted molar refractivity (Wildman–Crippen MR) is 124 cm³/mol. The molecule has 0 saturated carbocycles. The van der Waals surface area contributed by atoms with Crippen molar-refractivity contribution in [1.82, 2.24) is 4.57 Å². The van der Waals surface area contributed by atoms with Gasteiger partial charge < -0.3 is 14.1 Å². The number of rotatable bonds is 4. The second-order valence-corrected chi connectivity index (χ2v) is 7.87. The van der Waals surface area contributed by atoms with Crippen molar-refractivity contribution in [3.05, 3.63) is 76.9 Å². The maximum absolute atomic E-state index is 13.3. The van der Waals surface area contributed by atoms with Crippen LogP contribution in [-0.4, -0.2) is 28.0 Å². The number of fused-ring (bicyclic) bond motifs is 5. The molecule has 4 aromatic rings. The molecule has 0 N–H and O–H groups in total. The summed E-state index contributed by atoms with van der Waals surface area (Å²) >= 11 is 0. The summed E-state index contributed by atoms with van der Waals surface area (Å²) in [5.74, 6) is -1.13. The predicted octanol–water partition coefficient (Wildman–Crippen LogP) is 4.81. The summed E-state index contributed by atoms with van der Waals surface area (Å²) in [7, 11) is 0. The fourth-order valence-corrected chi connectivity index (χ4v) is 4.33. The quantitative estimate of drug-likeness (QED) is 0.258. The van der Waals surface area contributed by atoms with E-state index < -0.39 is 11.8 Å². The monoisotopic (exact) mass is 440 g/mol. The maximum Gasteiger partial charge on any atom is 0.332 e. The number of hydrogen-bond donors (Lipinski definition) is 0. The lowest BCUT2D eigenvalue weighted by molar-refractivity contribution is -0.141. The average Bonchev–Trinajstić information content (AvgIpc) is 3.31. The summed E-state index contributed by atoms with van der Waals surface area (Å²) in [6.07, 6.45) is 0. The van der Waals surface area contributed by atoms with Gasteiger partial charge in [-0.15, -0.1) is 0 Å². The number of aryl methyl sites for hydroxylation is 2. The molecular weight excluding hydrogens is 420 g/mol. The van der Waals surface area contributed by atoms with Gasteiger partial charge in [0.05, 0.1) is 16.5 Å². The SMILES string of the molecule is CCn1c2ccc(C(=O)c3ccccc3C)cc2c2c3c(ccc21)C(=O)/C(=N/OC(C)=O)O3. The number of carbonyl (C=O) groups excluding carboxylic acids is 3. The molecule has 0 saturated heterocycles. The number of Topliss-reactive ketones (excluding diaryl/α,β-unsaturated/α-hetero) is 1. The zero-order chi connectivity index (χ0) is 23.3. The minimum Gasteiger partial charge on any atom is -0.432 e. The zero-order valence-electron chi connectivity index (χ0n) is 18.3. The van der Waals surface area contributed by atoms with Gasteiger partial charge in [-0.25, -0.2) is 4.79 Å². The highest BCUT2D eigenvalue weighted by atomic mass is 16.7. The van der Waals surface area contributed by atoms with E-state index in [1.165, 1.54) is 6.92 Å². The zero-order valence-corrected chi connectivity index (χ0v) is 18.3. The van der Waals surface area contributed by atoms with E-state index in [1.54, 1.807) is 6.07 Å². The van der Waals surface area contributed by atoms with Gasteiger partial charge in [-0.2, -0.15) is 0 Å². The number of aromatic nitrogens is 1. The van der Waals surface area contributed by atoms with Gasteiger partial charge >= 0.3 is 11.9 Å². The fourth-order valence-electron chi connectivity index (χ4n) is 4.33. The first kappa shape index (κ1) is 20.6. The summed E-state index contributed by atoms with van der Waals surface area (Å²) in [6.45, 7) is 5.81. The number of oxime groups is 1. The van der Waals surface area contributed by atoms with Crippen molar-refractivity contribution >= 4 is 45.2 Å². The van der Waals surface area contributed by atoms with Crippen molar-refractivity contribution in [3.8, 4) is 5.75 Å². The lowest BCUT2D eigenvalue weighted by Gasteiger charge is -2.06. The van der Waals surface area contributed by atoms with E-state index in [1.807, 2.05) is 62.4 Å². The minimum atomic E-state index is -0.651. The molecule has 7 nitrogen and oxygen atoms in total. The Kier molecular flexibility index (Phi) is 4.82. The van der Waals surface area contributed by atoms with Crippen LogP contribution in [0.1, 0.15) is 45.7 Å². The molecule has 1 aliphatic heterocycles. The molecule has 0 radical (unpaired) electrons. The van der Waals surface area contributed by atoms with Gasteiger partial charge in [0, 0.05) is 35.5 Å². The molecule has 164 valence electrons. The maximum atomic E-state index is 13.3. The number of hydrogen-bond acceptors (Lipinski definition) is 6. The van der Waals surface area contributed by atoms with E-state index in [0.29, 0.717) is 34.4 Å². The number of benzene rings is 3. The highest BCUT2D eigenvalue weighted by Crippen LogP contribution is 2.41. The topological polar surface area (TPSA) is 87.0 Å². The van der Waals surface area contributed by atoms with Gasteiger partial charge in [0.1, 0.15) is 0 Å². The van der Waals surface area contributed by atoms with E-state index in [9.17, 15) is 14.4 Å². The normalized spacial score (nSPS) is 14.0. The van der Waals surface area contributed by atoms with Crippen LogP contribution in [0.4, 0.5) is 0 Å². The first-order chi connectivity index (χ1) is 15.9. The van der Waals surface area contributed by atoms with Crippen molar-refractivity contribution in [3.63, 3.8) is 0 Å². The van der Waals surface area contributed by atoms with Crippen LogP contribution in [0.15, 0.2) is 59.8 Å². The summed E-state index contributed by atoms with van der Waals surface area (Å²) in [5, 5.41) is 5.07. The fraction of sp³-hybridized carbons (Fsp3) is 0.154. The highest BCUT2D eigenvalue weighted by molar-refractivity contribution is 6.47. The van der Waals surface area contributed by atoms with Crippen LogP contribution in [-0.2, 0) is 16.2 Å². The Bertz CT molecular complexity index is 1530. The Morgan fingerprint density at radius 1 is 1.06 bits per heavy atom. The van der Waals surface area contributed by atoms with Crippen LogP contribution in [0.5, 0.6) is 5.75 Å². The molecule has 7 heteroatoms. The Labute approximate surface area is 189 Å². The first-order valence-electron chi connectivity index (χ1n) is 10.6. The van der Waals surface area contributed by atoms with Crippen molar-refractivity contribution in [1.29, 1.82) is 0 Å². The first-order valence-corrected chi connectivity index (χ1v) is 10.6. The number of carbonyl (C=O) groups is 3. The molecule has 0 amide bonds. The Balaban J connectivity index is 1.73. The van der Waals surface area contributed by atoms with E-state index in [0.717, 1.165) is 22.0 Å². The van der Waals surface area contributed by atoms with Gasteiger partial charge in [0.15, 0.2) is 11.5 Å². The molecule has 1 aliphatic rings. The van der Waals surface area contributed by atoms with Crippen LogP contribution in [0.2, 0.25) is 0 Å². The number of ether oxygens (including phenoxy) is 1. The summed E-state index contributed by atoms with van der Waals surface area (Å²) in [6, 6.07) is 16.6. The molecule has 0 spiro atoms. The largest absolute Gasteiger partial charge is 0.432 e. The Morgan fingerprint density at radius 3 is 2.55 bits per heavy atom. The van der Waals surface area contributed by atoms with E-state index in [2.05, 4.69) is 14.6 Å².